The van der Waals surface area contributed by atoms with E-state index in [-0.39, 0.29) is 5.56 Å². The number of pyridine rings is 1. The molecule has 0 aromatic carbocycles. The molecule has 0 aliphatic rings. The molecule has 0 amide bonds. The van der Waals surface area contributed by atoms with Gasteiger partial charge in [0.1, 0.15) is 0 Å². The molecule has 2 N–H and O–H groups in total. The topological polar surface area (TPSA) is 62.2 Å². The van der Waals surface area contributed by atoms with Gasteiger partial charge in [0.05, 0.1) is 15.0 Å². The van der Waals surface area contributed by atoms with E-state index >= 15 is 0 Å². The zero-order chi connectivity index (χ0) is 13.7. The minimum atomic E-state index is -0.949. The summed E-state index contributed by atoms with van der Waals surface area (Å²) >= 11 is 5.17. The van der Waals surface area contributed by atoms with Gasteiger partial charge in [0.15, 0.2) is 0 Å². The minimum Gasteiger partial charge on any atom is -0.478 e. The van der Waals surface area contributed by atoms with E-state index in [9.17, 15) is 4.79 Å². The summed E-state index contributed by atoms with van der Waals surface area (Å²) in [5, 5.41) is 12.0. The van der Waals surface area contributed by atoms with Gasteiger partial charge in [0.25, 0.3) is 0 Å². The highest BCUT2D eigenvalue weighted by atomic mass is 79.9. The van der Waals surface area contributed by atoms with E-state index in [1.807, 2.05) is 6.07 Å². The van der Waals surface area contributed by atoms with Crippen LogP contribution in [0.15, 0.2) is 34.2 Å². The zero-order valence-electron chi connectivity index (χ0n) is 10.1. The number of nitrogens with one attached hydrogen (secondary N) is 1. The van der Waals surface area contributed by atoms with Gasteiger partial charge in [-0.25, -0.2) is 4.79 Å². The number of hydrogen-bond donors (Lipinski definition) is 2. The Balaban J connectivity index is 1.75. The first kappa shape index (κ1) is 14.2. The van der Waals surface area contributed by atoms with Crippen LogP contribution in [0.1, 0.15) is 20.9 Å². The van der Waals surface area contributed by atoms with Crippen LogP contribution in [-0.4, -0.2) is 22.6 Å². The van der Waals surface area contributed by atoms with Crippen molar-refractivity contribution in [2.45, 2.75) is 13.0 Å². The van der Waals surface area contributed by atoms with Crippen LogP contribution in [0.3, 0.4) is 0 Å². The van der Waals surface area contributed by atoms with Crippen LogP contribution in [0.4, 0.5) is 0 Å². The Kier molecular flexibility index (Phi) is 5.07. The van der Waals surface area contributed by atoms with Crippen LogP contribution >= 0.6 is 27.3 Å². The molecule has 2 aromatic heterocycles. The molecule has 0 radical (unpaired) electrons. The predicted molar refractivity (Wildman–Crippen MR) is 78.6 cm³/mol. The van der Waals surface area contributed by atoms with Gasteiger partial charge in [0, 0.05) is 24.2 Å². The molecule has 0 fully saturated rings. The maximum Gasteiger partial charge on any atom is 0.337 e. The van der Waals surface area contributed by atoms with Crippen molar-refractivity contribution in [1.82, 2.24) is 10.3 Å². The lowest BCUT2D eigenvalue weighted by atomic mass is 10.2. The van der Waals surface area contributed by atoms with E-state index in [4.69, 9.17) is 5.11 Å². The molecule has 2 heterocycles. The molecule has 0 aliphatic heterocycles. The molecule has 0 aliphatic carbocycles. The number of carbonyl (C=O) groups is 1. The Hall–Kier alpha value is -1.24. The fraction of sp³-hybridized carbons (Fsp3) is 0.231. The van der Waals surface area contributed by atoms with E-state index in [1.165, 1.54) is 11.1 Å². The number of aromatic carboxylic acids is 1. The monoisotopic (exact) mass is 340 g/mol. The Morgan fingerprint density at radius 1 is 1.37 bits per heavy atom. The maximum absolute atomic E-state index is 10.7. The zero-order valence-corrected chi connectivity index (χ0v) is 12.5. The molecular formula is C13H13BrN2O2S. The van der Waals surface area contributed by atoms with Crippen molar-refractivity contribution in [3.05, 3.63) is 50.4 Å². The fourth-order valence-corrected chi connectivity index (χ4v) is 3.05. The highest BCUT2D eigenvalue weighted by Crippen LogP contribution is 2.22. The lowest BCUT2D eigenvalue weighted by molar-refractivity contribution is 0.0696. The normalized spacial score (nSPS) is 10.6. The molecular weight excluding hydrogens is 328 g/mol. The third kappa shape index (κ3) is 4.41. The molecule has 0 saturated heterocycles. The molecule has 0 bridgehead atoms. The van der Waals surface area contributed by atoms with Gasteiger partial charge in [-0.15, -0.1) is 11.3 Å². The van der Waals surface area contributed by atoms with E-state index in [1.54, 1.807) is 23.5 Å². The van der Waals surface area contributed by atoms with Crippen molar-refractivity contribution < 1.29 is 9.90 Å². The van der Waals surface area contributed by atoms with Gasteiger partial charge in [-0.2, -0.15) is 0 Å². The predicted octanol–water partition coefficient (Wildman–Crippen LogP) is 2.94. The molecule has 2 rings (SSSR count). The molecule has 0 spiro atoms. The van der Waals surface area contributed by atoms with E-state index in [2.05, 4.69) is 32.3 Å². The van der Waals surface area contributed by atoms with E-state index in [0.29, 0.717) is 6.54 Å². The summed E-state index contributed by atoms with van der Waals surface area (Å²) in [6.45, 7) is 1.52. The molecule has 0 unspecified atom stereocenters. The van der Waals surface area contributed by atoms with Gasteiger partial charge in [-0.1, -0.05) is 0 Å². The number of carboxylic acid groups (broad SMARTS) is 1. The first-order chi connectivity index (χ1) is 9.15. The largest absolute Gasteiger partial charge is 0.478 e. The van der Waals surface area contributed by atoms with Crippen molar-refractivity contribution in [3.63, 3.8) is 0 Å². The molecule has 2 aromatic rings. The number of nitrogens with zero attached hydrogens (tertiary/aromatic N) is 1. The summed E-state index contributed by atoms with van der Waals surface area (Å²) in [4.78, 5) is 16.1. The standard InChI is InChI=1S/C13H13BrN2O2S/c14-12-4-3-11(19-12)5-6-15-8-10-2-1-9(7-16-10)13(17)18/h1-4,7,15H,5-6,8H2,(H,17,18). The average molecular weight is 341 g/mol. The Bertz CT molecular complexity index is 554. The molecule has 0 atom stereocenters. The highest BCUT2D eigenvalue weighted by molar-refractivity contribution is 9.11. The summed E-state index contributed by atoms with van der Waals surface area (Å²) in [5.74, 6) is -0.949. The smallest absolute Gasteiger partial charge is 0.337 e. The average Bonchev–Trinajstić information content (AvgIpc) is 2.81. The lowest BCUT2D eigenvalue weighted by Gasteiger charge is -2.03. The van der Waals surface area contributed by atoms with Crippen LogP contribution in [0.5, 0.6) is 0 Å². The Morgan fingerprint density at radius 2 is 2.21 bits per heavy atom. The van der Waals surface area contributed by atoms with Crippen molar-refractivity contribution in [1.29, 1.82) is 0 Å². The second-order valence-electron chi connectivity index (χ2n) is 3.98. The first-order valence-electron chi connectivity index (χ1n) is 5.78. The van der Waals surface area contributed by atoms with Crippen molar-refractivity contribution in [3.8, 4) is 0 Å². The maximum atomic E-state index is 10.7. The number of aromatic nitrogens is 1. The second kappa shape index (κ2) is 6.79. The number of hydrogen-bond acceptors (Lipinski definition) is 4. The van der Waals surface area contributed by atoms with Gasteiger partial charge in [0.2, 0.25) is 0 Å². The van der Waals surface area contributed by atoms with Crippen LogP contribution < -0.4 is 5.32 Å². The van der Waals surface area contributed by atoms with Crippen LogP contribution in [0.25, 0.3) is 0 Å². The molecule has 0 saturated carbocycles. The van der Waals surface area contributed by atoms with Crippen molar-refractivity contribution in [2.24, 2.45) is 0 Å². The summed E-state index contributed by atoms with van der Waals surface area (Å²) < 4.78 is 1.15. The molecule has 19 heavy (non-hydrogen) atoms. The molecule has 6 heteroatoms. The Labute approximate surface area is 123 Å². The molecule has 100 valence electrons. The minimum absolute atomic E-state index is 0.215. The van der Waals surface area contributed by atoms with Crippen LogP contribution in [-0.2, 0) is 13.0 Å². The summed E-state index contributed by atoms with van der Waals surface area (Å²) in [5.41, 5.74) is 1.06. The molecule has 4 nitrogen and oxygen atoms in total. The third-order valence-electron chi connectivity index (χ3n) is 2.55. The van der Waals surface area contributed by atoms with Crippen LogP contribution in [0, 0.1) is 0 Å². The highest BCUT2D eigenvalue weighted by Gasteiger charge is 2.03. The SMILES string of the molecule is O=C(O)c1ccc(CNCCc2ccc(Br)s2)nc1. The third-order valence-corrected chi connectivity index (χ3v) is 4.24. The van der Waals surface area contributed by atoms with Gasteiger partial charge < -0.3 is 10.4 Å². The number of thiophene rings is 1. The van der Waals surface area contributed by atoms with E-state index in [0.717, 1.165) is 22.4 Å². The summed E-state index contributed by atoms with van der Waals surface area (Å²) in [6, 6.07) is 7.46. The summed E-state index contributed by atoms with van der Waals surface area (Å²) in [7, 11) is 0. The van der Waals surface area contributed by atoms with Crippen LogP contribution in [0.2, 0.25) is 0 Å². The number of halogens is 1. The van der Waals surface area contributed by atoms with Crippen molar-refractivity contribution >= 4 is 33.2 Å². The quantitative estimate of drug-likeness (QED) is 0.793. The van der Waals surface area contributed by atoms with Gasteiger partial charge >= 0.3 is 5.97 Å². The second-order valence-corrected chi connectivity index (χ2v) is 6.52. The van der Waals surface area contributed by atoms with Crippen molar-refractivity contribution in [2.75, 3.05) is 6.54 Å². The first-order valence-corrected chi connectivity index (χ1v) is 7.39. The van der Waals surface area contributed by atoms with Gasteiger partial charge in [-0.3, -0.25) is 4.98 Å². The lowest BCUT2D eigenvalue weighted by Crippen LogP contribution is -2.17. The van der Waals surface area contributed by atoms with Gasteiger partial charge in [-0.05, 0) is 46.6 Å². The Morgan fingerprint density at radius 3 is 2.79 bits per heavy atom. The number of rotatable bonds is 6. The number of carboxylic acids is 1. The fourth-order valence-electron chi connectivity index (χ4n) is 1.57. The van der Waals surface area contributed by atoms with E-state index < -0.39 is 5.97 Å². The summed E-state index contributed by atoms with van der Waals surface area (Å²) in [6.07, 6.45) is 2.36.